The molecule has 0 bridgehead atoms. The van der Waals surface area contributed by atoms with E-state index in [1.807, 2.05) is 0 Å². The van der Waals surface area contributed by atoms with E-state index in [-0.39, 0.29) is 0 Å². The van der Waals surface area contributed by atoms with Crippen molar-refractivity contribution < 1.29 is 9.26 Å². The minimum atomic E-state index is -0.419. The van der Waals surface area contributed by atoms with Crippen molar-refractivity contribution in [1.29, 1.82) is 0 Å². The highest BCUT2D eigenvalue weighted by atomic mass is 16.5. The average Bonchev–Trinajstić information content (AvgIpc) is 2.88. The molecule has 5 heteroatoms. The first kappa shape index (κ1) is 15.1. The summed E-state index contributed by atoms with van der Waals surface area (Å²) >= 11 is 0. The summed E-state index contributed by atoms with van der Waals surface area (Å²) in [6, 6.07) is 0.449. The molecule has 0 amide bonds. The molecule has 1 unspecified atom stereocenters. The van der Waals surface area contributed by atoms with Crippen molar-refractivity contribution in [2.24, 2.45) is 0 Å². The van der Waals surface area contributed by atoms with E-state index >= 15 is 0 Å². The van der Waals surface area contributed by atoms with E-state index < -0.39 is 5.60 Å². The molecule has 0 aliphatic carbocycles. The van der Waals surface area contributed by atoms with Gasteiger partial charge >= 0.3 is 0 Å². The third-order valence-corrected chi connectivity index (χ3v) is 3.62. The summed E-state index contributed by atoms with van der Waals surface area (Å²) in [7, 11) is 1.69. The number of ether oxygens (including phenoxy) is 1. The van der Waals surface area contributed by atoms with Gasteiger partial charge in [0.15, 0.2) is 0 Å². The van der Waals surface area contributed by atoms with Crippen LogP contribution >= 0.6 is 0 Å². The van der Waals surface area contributed by atoms with Crippen LogP contribution in [0.4, 0.5) is 0 Å². The molecule has 1 heterocycles. The van der Waals surface area contributed by atoms with E-state index in [9.17, 15) is 0 Å². The zero-order valence-electron chi connectivity index (χ0n) is 12.1. The lowest BCUT2D eigenvalue weighted by molar-refractivity contribution is -0.0306. The highest BCUT2D eigenvalue weighted by Gasteiger charge is 2.33. The Balaban J connectivity index is 2.72. The zero-order valence-corrected chi connectivity index (χ0v) is 12.1. The Labute approximate surface area is 109 Å². The molecule has 0 fully saturated rings. The van der Waals surface area contributed by atoms with Crippen LogP contribution in [0.2, 0.25) is 0 Å². The number of rotatable bonds is 8. The molecule has 1 atom stereocenters. The van der Waals surface area contributed by atoms with Crippen molar-refractivity contribution in [3.8, 4) is 0 Å². The number of nitrogens with one attached hydrogen (secondary N) is 1. The van der Waals surface area contributed by atoms with Crippen LogP contribution in [0.1, 0.15) is 58.7 Å². The Hall–Kier alpha value is -0.940. The zero-order chi connectivity index (χ0) is 13.6. The second-order valence-corrected chi connectivity index (χ2v) is 4.61. The Morgan fingerprint density at radius 3 is 2.50 bits per heavy atom. The highest BCUT2D eigenvalue weighted by molar-refractivity contribution is 5.00. The van der Waals surface area contributed by atoms with Gasteiger partial charge in [-0.05, 0) is 26.2 Å². The molecule has 0 radical (unpaired) electrons. The summed E-state index contributed by atoms with van der Waals surface area (Å²) < 4.78 is 10.8. The van der Waals surface area contributed by atoms with Crippen LogP contribution in [0.25, 0.3) is 0 Å². The van der Waals surface area contributed by atoms with Crippen molar-refractivity contribution in [3.63, 3.8) is 0 Å². The van der Waals surface area contributed by atoms with Gasteiger partial charge < -0.3 is 14.6 Å². The van der Waals surface area contributed by atoms with E-state index in [4.69, 9.17) is 9.26 Å². The summed E-state index contributed by atoms with van der Waals surface area (Å²) in [5.74, 6) is 1.27. The van der Waals surface area contributed by atoms with E-state index in [0.717, 1.165) is 19.3 Å². The van der Waals surface area contributed by atoms with Crippen LogP contribution in [0, 0.1) is 0 Å². The number of hydrogen-bond acceptors (Lipinski definition) is 5. The molecule has 1 N–H and O–H groups in total. The van der Waals surface area contributed by atoms with Crippen molar-refractivity contribution in [2.45, 2.75) is 65.1 Å². The Morgan fingerprint density at radius 1 is 1.33 bits per heavy atom. The third-order valence-electron chi connectivity index (χ3n) is 3.62. The lowest BCUT2D eigenvalue weighted by Gasteiger charge is -2.25. The maximum Gasteiger partial charge on any atom is 0.240 e. The summed E-state index contributed by atoms with van der Waals surface area (Å²) in [5, 5.41) is 7.38. The minimum Gasteiger partial charge on any atom is -0.370 e. The van der Waals surface area contributed by atoms with E-state index in [1.165, 1.54) is 0 Å². The summed E-state index contributed by atoms with van der Waals surface area (Å²) in [5.41, 5.74) is -0.419. The van der Waals surface area contributed by atoms with Gasteiger partial charge in [0.1, 0.15) is 5.60 Å². The fourth-order valence-corrected chi connectivity index (χ4v) is 1.86. The maximum absolute atomic E-state index is 5.58. The van der Waals surface area contributed by atoms with Gasteiger partial charge in [-0.15, -0.1) is 0 Å². The first-order valence-electron chi connectivity index (χ1n) is 6.73. The summed E-state index contributed by atoms with van der Waals surface area (Å²) in [6.07, 6.45) is 2.74. The quantitative estimate of drug-likeness (QED) is 0.773. The standard InChI is InChI=1S/C13H25N3O2/c1-6-10(4)14-9-11-15-12(16-18-11)13(7-2,8-3)17-5/h10,14H,6-9H2,1-5H3. The highest BCUT2D eigenvalue weighted by Crippen LogP contribution is 2.29. The van der Waals surface area contributed by atoms with Gasteiger partial charge in [0.2, 0.25) is 11.7 Å². The average molecular weight is 255 g/mol. The van der Waals surface area contributed by atoms with Gasteiger partial charge in [-0.25, -0.2) is 0 Å². The number of methoxy groups -OCH3 is 1. The summed E-state index contributed by atoms with van der Waals surface area (Å²) in [4.78, 5) is 4.44. The molecule has 1 rings (SSSR count). The SMILES string of the molecule is CCC(C)NCc1nc(C(CC)(CC)OC)no1. The maximum atomic E-state index is 5.58. The topological polar surface area (TPSA) is 60.2 Å². The molecule has 18 heavy (non-hydrogen) atoms. The fraction of sp³-hybridized carbons (Fsp3) is 0.846. The van der Waals surface area contributed by atoms with E-state index in [1.54, 1.807) is 7.11 Å². The van der Waals surface area contributed by atoms with Crippen LogP contribution in [-0.4, -0.2) is 23.3 Å². The Bertz CT molecular complexity index is 339. The molecule has 0 aromatic carbocycles. The van der Waals surface area contributed by atoms with Crippen LogP contribution in [0.3, 0.4) is 0 Å². The smallest absolute Gasteiger partial charge is 0.240 e. The molecule has 0 aliphatic heterocycles. The molecule has 1 aromatic heterocycles. The number of aromatic nitrogens is 2. The van der Waals surface area contributed by atoms with Crippen LogP contribution in [0.15, 0.2) is 4.52 Å². The van der Waals surface area contributed by atoms with E-state index in [2.05, 4.69) is 43.2 Å². The fourth-order valence-electron chi connectivity index (χ4n) is 1.86. The lowest BCUT2D eigenvalue weighted by atomic mass is 9.96. The number of nitrogens with zero attached hydrogens (tertiary/aromatic N) is 2. The molecule has 5 nitrogen and oxygen atoms in total. The van der Waals surface area contributed by atoms with Gasteiger partial charge in [-0.3, -0.25) is 0 Å². The third kappa shape index (κ3) is 3.29. The van der Waals surface area contributed by atoms with E-state index in [0.29, 0.717) is 24.3 Å². The molecule has 0 spiro atoms. The van der Waals surface area contributed by atoms with Crippen LogP contribution in [-0.2, 0) is 16.9 Å². The van der Waals surface area contributed by atoms with Gasteiger partial charge in [0.05, 0.1) is 6.54 Å². The molecule has 0 aliphatic rings. The second kappa shape index (κ2) is 6.85. The summed E-state index contributed by atoms with van der Waals surface area (Å²) in [6.45, 7) is 9.02. The Morgan fingerprint density at radius 2 is 2.00 bits per heavy atom. The Kier molecular flexibility index (Phi) is 5.75. The molecule has 0 saturated heterocycles. The molecule has 0 saturated carbocycles. The first-order chi connectivity index (χ1) is 8.61. The van der Waals surface area contributed by atoms with Crippen molar-refractivity contribution in [3.05, 3.63) is 11.7 Å². The number of hydrogen-bond donors (Lipinski definition) is 1. The molecule has 104 valence electrons. The second-order valence-electron chi connectivity index (χ2n) is 4.61. The predicted molar refractivity (Wildman–Crippen MR) is 70.2 cm³/mol. The van der Waals surface area contributed by atoms with Gasteiger partial charge in [-0.1, -0.05) is 25.9 Å². The predicted octanol–water partition coefficient (Wildman–Crippen LogP) is 2.62. The monoisotopic (exact) mass is 255 g/mol. The van der Waals surface area contributed by atoms with Crippen molar-refractivity contribution >= 4 is 0 Å². The lowest BCUT2D eigenvalue weighted by Crippen LogP contribution is -2.28. The van der Waals surface area contributed by atoms with Crippen molar-refractivity contribution in [1.82, 2.24) is 15.5 Å². The van der Waals surface area contributed by atoms with Gasteiger partial charge in [0, 0.05) is 13.2 Å². The largest absolute Gasteiger partial charge is 0.370 e. The molecular formula is C13H25N3O2. The van der Waals surface area contributed by atoms with Gasteiger partial charge in [0.25, 0.3) is 0 Å². The first-order valence-corrected chi connectivity index (χ1v) is 6.73. The van der Waals surface area contributed by atoms with Crippen LogP contribution in [0.5, 0.6) is 0 Å². The van der Waals surface area contributed by atoms with Crippen molar-refractivity contribution in [2.75, 3.05) is 7.11 Å². The van der Waals surface area contributed by atoms with Crippen LogP contribution < -0.4 is 5.32 Å². The molecule has 1 aromatic rings. The molecular weight excluding hydrogens is 230 g/mol. The normalized spacial score (nSPS) is 13.8. The minimum absolute atomic E-state index is 0.419. The van der Waals surface area contributed by atoms with Gasteiger partial charge in [-0.2, -0.15) is 4.98 Å².